The quantitative estimate of drug-likeness (QED) is 0.588. The van der Waals surface area contributed by atoms with Gasteiger partial charge in [0, 0.05) is 17.7 Å². The van der Waals surface area contributed by atoms with E-state index < -0.39 is 15.8 Å². The third-order valence-electron chi connectivity index (χ3n) is 2.01. The monoisotopic (exact) mass is 344 g/mol. The van der Waals surface area contributed by atoms with Crippen molar-refractivity contribution in [2.24, 2.45) is 0 Å². The van der Waals surface area contributed by atoms with Crippen LogP contribution in [-0.2, 0) is 0 Å². The van der Waals surface area contributed by atoms with Gasteiger partial charge in [0.15, 0.2) is 4.18 Å². The van der Waals surface area contributed by atoms with E-state index in [2.05, 4.69) is 0 Å². The lowest BCUT2D eigenvalue weighted by molar-refractivity contribution is 0.260. The van der Waals surface area contributed by atoms with Crippen molar-refractivity contribution >= 4 is 22.6 Å². The van der Waals surface area contributed by atoms with Crippen molar-refractivity contribution in [2.75, 3.05) is 6.61 Å². The molecule has 0 N–H and O–H groups in total. The maximum absolute atomic E-state index is 13.5. The van der Waals surface area contributed by atoms with Crippen molar-refractivity contribution < 1.29 is 17.9 Å². The summed E-state index contributed by atoms with van der Waals surface area (Å²) in [5.41, 5.74) is 0.0265. The summed E-state index contributed by atoms with van der Waals surface area (Å²) in [5.74, 6) is -1.55. The van der Waals surface area contributed by atoms with Crippen LogP contribution in [0.2, 0.25) is 0 Å². The molecule has 0 fully saturated rings. The second-order valence-electron chi connectivity index (χ2n) is 3.66. The number of alkyl halides is 2. The van der Waals surface area contributed by atoms with E-state index in [1.165, 1.54) is 22.6 Å². The fourth-order valence-electron chi connectivity index (χ4n) is 1.36. The van der Waals surface area contributed by atoms with Crippen LogP contribution in [0.1, 0.15) is 25.3 Å². The van der Waals surface area contributed by atoms with E-state index in [9.17, 15) is 13.2 Å². The number of rotatable bonds is 4. The highest BCUT2D eigenvalue weighted by Crippen LogP contribution is 2.26. The number of halogens is 4. The van der Waals surface area contributed by atoms with E-state index in [1.54, 1.807) is 13.8 Å². The van der Waals surface area contributed by atoms with E-state index in [1.807, 2.05) is 0 Å². The highest BCUT2D eigenvalue weighted by molar-refractivity contribution is 14.1. The van der Waals surface area contributed by atoms with Gasteiger partial charge in [0.2, 0.25) is 0 Å². The lowest BCUT2D eigenvalue weighted by Gasteiger charge is -2.11. The summed E-state index contributed by atoms with van der Waals surface area (Å²) in [6, 6.07) is 2.16. The Hall–Kier alpha value is -0.460. The van der Waals surface area contributed by atoms with Gasteiger partial charge in [-0.3, -0.25) is 0 Å². The molecule has 5 heteroatoms. The Bertz CT molecular complexity index is 343. The Labute approximate surface area is 106 Å². The van der Waals surface area contributed by atoms with Gasteiger partial charge in [0.25, 0.3) is 0 Å². The molecule has 0 aliphatic heterocycles. The maximum Gasteiger partial charge on any atom is 0.184 e. The Kier molecular flexibility index (Phi) is 4.89. The van der Waals surface area contributed by atoms with Gasteiger partial charge in [0.1, 0.15) is 24.0 Å². The second kappa shape index (κ2) is 5.75. The predicted octanol–water partition coefficient (Wildman–Crippen LogP) is 4.20. The van der Waals surface area contributed by atoms with E-state index in [0.717, 1.165) is 12.1 Å². The number of ether oxygens (including phenoxy) is 1. The average Bonchev–Trinajstić information content (AvgIpc) is 2.12. The molecule has 0 aliphatic rings. The first kappa shape index (κ1) is 13.6. The fraction of sp³-hybridized carbons (Fsp3) is 0.455. The molecule has 90 valence electrons. The Balaban J connectivity index is 2.92. The molecule has 1 nitrogen and oxygen atoms in total. The van der Waals surface area contributed by atoms with Gasteiger partial charge in [0.05, 0.1) is 0 Å². The van der Waals surface area contributed by atoms with Crippen LogP contribution in [0.4, 0.5) is 13.2 Å². The molecule has 16 heavy (non-hydrogen) atoms. The van der Waals surface area contributed by atoms with Crippen molar-refractivity contribution in [3.05, 3.63) is 29.3 Å². The summed E-state index contributed by atoms with van der Waals surface area (Å²) in [4.78, 5) is 0. The Morgan fingerprint density at radius 3 is 2.12 bits per heavy atom. The lowest BCUT2D eigenvalue weighted by atomic mass is 10.0. The van der Waals surface area contributed by atoms with Crippen LogP contribution in [0.5, 0.6) is 5.75 Å². The van der Waals surface area contributed by atoms with Crippen LogP contribution < -0.4 is 4.74 Å². The molecular weight excluding hydrogens is 332 g/mol. The average molecular weight is 344 g/mol. The summed E-state index contributed by atoms with van der Waals surface area (Å²) < 4.78 is 43.1. The zero-order chi connectivity index (χ0) is 12.3. The van der Waals surface area contributed by atoms with Gasteiger partial charge < -0.3 is 4.74 Å². The summed E-state index contributed by atoms with van der Waals surface area (Å²) in [6.45, 7) is 3.18. The van der Waals surface area contributed by atoms with Crippen LogP contribution in [0.25, 0.3) is 0 Å². The van der Waals surface area contributed by atoms with Crippen LogP contribution >= 0.6 is 22.6 Å². The Morgan fingerprint density at radius 1 is 1.25 bits per heavy atom. The van der Waals surface area contributed by atoms with Crippen molar-refractivity contribution in [1.82, 2.24) is 0 Å². The molecule has 1 unspecified atom stereocenters. The van der Waals surface area contributed by atoms with Gasteiger partial charge in [-0.05, 0) is 28.5 Å². The summed E-state index contributed by atoms with van der Waals surface area (Å²) in [7, 11) is 0. The first-order valence-electron chi connectivity index (χ1n) is 4.81. The van der Waals surface area contributed by atoms with Crippen LogP contribution in [-0.4, -0.2) is 10.8 Å². The summed E-state index contributed by atoms with van der Waals surface area (Å²) >= 11 is 1.52. The zero-order valence-corrected chi connectivity index (χ0v) is 11.1. The zero-order valence-electron chi connectivity index (χ0n) is 8.94. The second-order valence-corrected chi connectivity index (χ2v) is 5.01. The van der Waals surface area contributed by atoms with Crippen molar-refractivity contribution in [2.45, 2.75) is 23.9 Å². The van der Waals surface area contributed by atoms with Gasteiger partial charge in [-0.15, -0.1) is 0 Å². The Morgan fingerprint density at radius 2 is 1.75 bits per heavy atom. The molecule has 0 aromatic heterocycles. The first-order chi connectivity index (χ1) is 7.41. The van der Waals surface area contributed by atoms with Gasteiger partial charge >= 0.3 is 0 Å². The number of hydrogen-bond donors (Lipinski definition) is 0. The molecule has 0 aliphatic carbocycles. The van der Waals surface area contributed by atoms with Crippen molar-refractivity contribution in [3.8, 4) is 5.75 Å². The molecule has 0 spiro atoms. The molecular formula is C11H12F3IO. The highest BCUT2D eigenvalue weighted by atomic mass is 127. The molecule has 1 atom stereocenters. The van der Waals surface area contributed by atoms with E-state index in [4.69, 9.17) is 4.74 Å². The molecule has 1 aromatic carbocycles. The molecule has 0 heterocycles. The predicted molar refractivity (Wildman–Crippen MR) is 64.9 cm³/mol. The summed E-state index contributed by atoms with van der Waals surface area (Å²) in [6.07, 6.45) is 0. The standard InChI is InChI=1S/C11H12F3IO/c1-6(2)11-8(12)3-7(4-9(11)13)16-5-10(14)15/h3-4,6,10H,5H2,1-2H3. The highest BCUT2D eigenvalue weighted by Gasteiger charge is 2.15. The minimum absolute atomic E-state index is 0.0127. The van der Waals surface area contributed by atoms with E-state index >= 15 is 0 Å². The van der Waals surface area contributed by atoms with Crippen molar-refractivity contribution in [3.63, 3.8) is 0 Å². The smallest absolute Gasteiger partial charge is 0.184 e. The molecule has 0 saturated carbocycles. The molecule has 0 amide bonds. The van der Waals surface area contributed by atoms with Gasteiger partial charge in [-0.1, -0.05) is 13.8 Å². The minimum Gasteiger partial charge on any atom is -0.489 e. The van der Waals surface area contributed by atoms with Crippen LogP contribution in [0.3, 0.4) is 0 Å². The fourth-order valence-corrected chi connectivity index (χ4v) is 1.53. The number of benzene rings is 1. The maximum atomic E-state index is 13.5. The largest absolute Gasteiger partial charge is 0.489 e. The molecule has 1 aromatic rings. The third kappa shape index (κ3) is 3.54. The molecule has 0 radical (unpaired) electrons. The third-order valence-corrected chi connectivity index (χ3v) is 2.37. The van der Waals surface area contributed by atoms with Gasteiger partial charge in [-0.2, -0.15) is 0 Å². The molecule has 1 rings (SSSR count). The number of hydrogen-bond acceptors (Lipinski definition) is 1. The van der Waals surface area contributed by atoms with E-state index in [-0.39, 0.29) is 23.8 Å². The van der Waals surface area contributed by atoms with E-state index in [0.29, 0.717) is 0 Å². The minimum atomic E-state index is -1.20. The van der Waals surface area contributed by atoms with Gasteiger partial charge in [-0.25, -0.2) is 13.2 Å². The van der Waals surface area contributed by atoms with Crippen LogP contribution in [0.15, 0.2) is 12.1 Å². The van der Waals surface area contributed by atoms with Crippen molar-refractivity contribution in [1.29, 1.82) is 0 Å². The lowest BCUT2D eigenvalue weighted by Crippen LogP contribution is -2.07. The molecule has 0 bridgehead atoms. The van der Waals surface area contributed by atoms with Crippen LogP contribution in [0, 0.1) is 11.6 Å². The summed E-state index contributed by atoms with van der Waals surface area (Å²) in [5, 5.41) is 0. The SMILES string of the molecule is CC(C)c1c(F)cc(OCC(F)I)cc1F. The molecule has 0 saturated heterocycles. The topological polar surface area (TPSA) is 9.23 Å². The first-order valence-corrected chi connectivity index (χ1v) is 6.06. The normalized spacial score (nSPS) is 12.9.